The number of rotatable bonds is 4. The third kappa shape index (κ3) is 2.50. The Morgan fingerprint density at radius 1 is 1.39 bits per heavy atom. The Morgan fingerprint density at radius 3 is 2.74 bits per heavy atom. The molecule has 2 heterocycles. The molecule has 0 radical (unpaired) electrons. The summed E-state index contributed by atoms with van der Waals surface area (Å²) in [5.41, 5.74) is -0.108. The first kappa shape index (κ1) is 15.6. The van der Waals surface area contributed by atoms with Crippen LogP contribution in [0.3, 0.4) is 0 Å². The minimum Gasteiger partial charge on any atom is -0.479 e. The van der Waals surface area contributed by atoms with Gasteiger partial charge in [0.15, 0.2) is 0 Å². The topological polar surface area (TPSA) is 86.7 Å². The largest absolute Gasteiger partial charge is 0.479 e. The number of benzene rings is 1. The van der Waals surface area contributed by atoms with Crippen LogP contribution in [0.15, 0.2) is 42.1 Å². The van der Waals surface area contributed by atoms with Gasteiger partial charge in [-0.1, -0.05) is 30.3 Å². The SMILES string of the molecule is CC1=CN2C(=O)C(NC(=O)Cc3ccccc3)(C(=O)O)[C@@H]2SC1. The van der Waals surface area contributed by atoms with Crippen LogP contribution in [0.2, 0.25) is 0 Å². The van der Waals surface area contributed by atoms with Crippen LogP contribution in [0.1, 0.15) is 12.5 Å². The fourth-order valence-electron chi connectivity index (χ4n) is 2.79. The molecule has 120 valence electrons. The zero-order chi connectivity index (χ0) is 16.6. The number of aliphatic carboxylic acids is 1. The van der Waals surface area contributed by atoms with Gasteiger partial charge in [-0.2, -0.15) is 0 Å². The molecule has 1 fully saturated rings. The second-order valence-electron chi connectivity index (χ2n) is 5.67. The molecular weight excluding hydrogens is 316 g/mol. The molecule has 0 spiro atoms. The van der Waals surface area contributed by atoms with E-state index in [-0.39, 0.29) is 6.42 Å². The molecule has 2 aliphatic heterocycles. The molecule has 2 aliphatic rings. The van der Waals surface area contributed by atoms with Crippen LogP contribution >= 0.6 is 11.8 Å². The molecule has 2 atom stereocenters. The third-order valence-electron chi connectivity index (χ3n) is 3.90. The standard InChI is InChI=1S/C16H16N2O4S/c1-10-8-18-13(20)16(15(21)22,14(18)23-9-10)17-12(19)7-11-5-3-2-4-6-11/h2-6,8,14H,7,9H2,1H3,(H,17,19)(H,21,22)/t14-,16?/m0/s1. The molecule has 2 N–H and O–H groups in total. The van der Waals surface area contributed by atoms with Gasteiger partial charge in [-0.15, -0.1) is 11.8 Å². The minimum absolute atomic E-state index is 0.0371. The van der Waals surface area contributed by atoms with Crippen LogP contribution in [-0.4, -0.2) is 44.5 Å². The number of carboxylic acid groups (broad SMARTS) is 1. The van der Waals surface area contributed by atoms with Crippen molar-refractivity contribution < 1.29 is 19.5 Å². The number of fused-ring (bicyclic) bond motifs is 1. The first-order valence-corrected chi connectivity index (χ1v) is 8.20. The maximum atomic E-state index is 12.4. The van der Waals surface area contributed by atoms with E-state index in [1.54, 1.807) is 30.5 Å². The molecule has 7 heteroatoms. The lowest BCUT2D eigenvalue weighted by atomic mass is 9.87. The molecule has 1 unspecified atom stereocenters. The van der Waals surface area contributed by atoms with Gasteiger partial charge >= 0.3 is 5.97 Å². The first-order valence-electron chi connectivity index (χ1n) is 7.15. The molecule has 1 aromatic rings. The summed E-state index contributed by atoms with van der Waals surface area (Å²) in [5.74, 6) is -1.75. The molecule has 23 heavy (non-hydrogen) atoms. The van der Waals surface area contributed by atoms with Crippen molar-refractivity contribution in [2.45, 2.75) is 24.3 Å². The van der Waals surface area contributed by atoms with Crippen molar-refractivity contribution in [2.24, 2.45) is 0 Å². The highest BCUT2D eigenvalue weighted by atomic mass is 32.2. The summed E-state index contributed by atoms with van der Waals surface area (Å²) in [6.45, 7) is 1.88. The van der Waals surface area contributed by atoms with Crippen molar-refractivity contribution in [1.29, 1.82) is 0 Å². The normalized spacial score (nSPS) is 26.0. The average molecular weight is 332 g/mol. The van der Waals surface area contributed by atoms with Gasteiger partial charge in [-0.3, -0.25) is 9.59 Å². The van der Waals surface area contributed by atoms with E-state index in [9.17, 15) is 19.5 Å². The Kier molecular flexibility index (Phi) is 3.89. The summed E-state index contributed by atoms with van der Waals surface area (Å²) < 4.78 is 0. The van der Waals surface area contributed by atoms with Crippen molar-refractivity contribution in [3.05, 3.63) is 47.7 Å². The molecule has 3 rings (SSSR count). The fourth-order valence-corrected chi connectivity index (χ4v) is 4.11. The second kappa shape index (κ2) is 5.73. The van der Waals surface area contributed by atoms with E-state index in [0.29, 0.717) is 5.75 Å². The Balaban J connectivity index is 1.79. The second-order valence-corrected chi connectivity index (χ2v) is 6.74. The van der Waals surface area contributed by atoms with Crippen molar-refractivity contribution in [2.75, 3.05) is 5.75 Å². The lowest BCUT2D eigenvalue weighted by molar-refractivity contribution is -0.169. The highest BCUT2D eigenvalue weighted by Gasteiger charge is 2.67. The van der Waals surface area contributed by atoms with Gasteiger partial charge in [0, 0.05) is 12.0 Å². The van der Waals surface area contributed by atoms with Gasteiger partial charge in [0.25, 0.3) is 5.91 Å². The molecular formula is C16H16N2O4S. The number of nitrogens with one attached hydrogen (secondary N) is 1. The predicted octanol–water partition coefficient (Wildman–Crippen LogP) is 0.988. The van der Waals surface area contributed by atoms with Gasteiger partial charge in [0.2, 0.25) is 11.4 Å². The van der Waals surface area contributed by atoms with E-state index in [1.165, 1.54) is 16.7 Å². The van der Waals surface area contributed by atoms with E-state index in [4.69, 9.17) is 0 Å². The summed E-state index contributed by atoms with van der Waals surface area (Å²) in [6.07, 6.45) is 1.70. The molecule has 0 saturated carbocycles. The lowest BCUT2D eigenvalue weighted by Gasteiger charge is -2.53. The van der Waals surface area contributed by atoms with Crippen LogP contribution in [0.4, 0.5) is 0 Å². The van der Waals surface area contributed by atoms with Gasteiger partial charge in [0.1, 0.15) is 5.37 Å². The van der Waals surface area contributed by atoms with Gasteiger partial charge in [-0.05, 0) is 18.1 Å². The number of hydrogen-bond acceptors (Lipinski definition) is 4. The van der Waals surface area contributed by atoms with Crippen molar-refractivity contribution in [3.63, 3.8) is 0 Å². The maximum Gasteiger partial charge on any atom is 0.342 e. The highest BCUT2D eigenvalue weighted by molar-refractivity contribution is 8.00. The number of thioether (sulfide) groups is 1. The molecule has 0 aromatic heterocycles. The molecule has 2 amide bonds. The zero-order valence-corrected chi connectivity index (χ0v) is 13.3. The Hall–Kier alpha value is -2.28. The summed E-state index contributed by atoms with van der Waals surface area (Å²) in [6, 6.07) is 9.00. The molecule has 1 aromatic carbocycles. The quantitative estimate of drug-likeness (QED) is 0.634. The molecule has 1 saturated heterocycles. The minimum atomic E-state index is -1.87. The summed E-state index contributed by atoms with van der Waals surface area (Å²) in [4.78, 5) is 37.7. The van der Waals surface area contributed by atoms with E-state index in [2.05, 4.69) is 5.32 Å². The number of carbonyl (C=O) groups excluding carboxylic acids is 2. The number of carboxylic acids is 1. The van der Waals surface area contributed by atoms with E-state index < -0.39 is 28.7 Å². The number of hydrogen-bond donors (Lipinski definition) is 2. The summed E-state index contributed by atoms with van der Waals surface area (Å²) >= 11 is 1.35. The monoisotopic (exact) mass is 332 g/mol. The fraction of sp³-hybridized carbons (Fsp3) is 0.312. The summed E-state index contributed by atoms with van der Waals surface area (Å²) in [5, 5.41) is 11.4. The average Bonchev–Trinajstić information content (AvgIpc) is 2.53. The van der Waals surface area contributed by atoms with Crippen LogP contribution in [0.5, 0.6) is 0 Å². The van der Waals surface area contributed by atoms with Crippen molar-refractivity contribution in [1.82, 2.24) is 10.2 Å². The van der Waals surface area contributed by atoms with Gasteiger partial charge in [0.05, 0.1) is 6.42 Å². The summed E-state index contributed by atoms with van der Waals surface area (Å²) in [7, 11) is 0. The number of amides is 2. The van der Waals surface area contributed by atoms with E-state index in [0.717, 1.165) is 11.1 Å². The van der Waals surface area contributed by atoms with Crippen LogP contribution < -0.4 is 5.32 Å². The first-order chi connectivity index (χ1) is 10.9. The highest BCUT2D eigenvalue weighted by Crippen LogP contribution is 2.43. The van der Waals surface area contributed by atoms with E-state index >= 15 is 0 Å². The van der Waals surface area contributed by atoms with Gasteiger partial charge < -0.3 is 15.3 Å². The zero-order valence-electron chi connectivity index (χ0n) is 12.5. The van der Waals surface area contributed by atoms with Crippen LogP contribution in [0, 0.1) is 0 Å². The molecule has 0 bridgehead atoms. The van der Waals surface area contributed by atoms with Crippen molar-refractivity contribution in [3.8, 4) is 0 Å². The maximum absolute atomic E-state index is 12.4. The number of nitrogens with zero attached hydrogens (tertiary/aromatic N) is 1. The lowest BCUT2D eigenvalue weighted by Crippen LogP contribution is -2.81. The molecule has 6 nitrogen and oxygen atoms in total. The van der Waals surface area contributed by atoms with Crippen LogP contribution in [0.25, 0.3) is 0 Å². The Labute approximate surface area is 137 Å². The molecule has 0 aliphatic carbocycles. The third-order valence-corrected chi connectivity index (χ3v) is 5.42. The van der Waals surface area contributed by atoms with Gasteiger partial charge in [-0.25, -0.2) is 4.79 Å². The Morgan fingerprint density at radius 2 is 2.09 bits per heavy atom. The number of β-lactam (4-membered cyclic amide) rings is 1. The van der Waals surface area contributed by atoms with E-state index in [1.807, 2.05) is 13.0 Å². The smallest absolute Gasteiger partial charge is 0.342 e. The predicted molar refractivity (Wildman–Crippen MR) is 85.5 cm³/mol. The van der Waals surface area contributed by atoms with Crippen LogP contribution in [-0.2, 0) is 20.8 Å². The number of carbonyl (C=O) groups is 3. The Bertz CT molecular complexity index is 703. The van der Waals surface area contributed by atoms with Crippen molar-refractivity contribution >= 4 is 29.5 Å².